The number of methoxy groups -OCH3 is 3. The summed E-state index contributed by atoms with van der Waals surface area (Å²) in [5.41, 5.74) is -1.91. The molecule has 8 heteroatoms. The van der Waals surface area contributed by atoms with Gasteiger partial charge in [0.25, 0.3) is 0 Å². The second kappa shape index (κ2) is 5.73. The summed E-state index contributed by atoms with van der Waals surface area (Å²) in [6.07, 6.45) is -0.441. The molecule has 0 saturated heterocycles. The minimum Gasteiger partial charge on any atom is -0.496 e. The number of aliphatic hydroxyl groups excluding tert-OH is 1. The number of hydrogen-bond acceptors (Lipinski definition) is 7. The fraction of sp³-hybridized carbons (Fsp3) is 0.412. The molecule has 0 fully saturated rings. The van der Waals surface area contributed by atoms with E-state index in [1.165, 1.54) is 34.3 Å². The first-order chi connectivity index (χ1) is 11.8. The molecule has 1 heterocycles. The first kappa shape index (κ1) is 17.2. The van der Waals surface area contributed by atoms with Gasteiger partial charge in [-0.05, 0) is 0 Å². The standard InChI is InChI=1S/C17H17FO7/c1-7-14(20)8(19)5-11(23-3)17(7)16(21)12-9(25-17)6-10(22-2)13(18)15(12)24-4/h5-7,14,20H,1-4H3/t7-,14-,17+/m1/s1. The van der Waals surface area contributed by atoms with Crippen LogP contribution in [0.3, 0.4) is 0 Å². The molecule has 0 amide bonds. The molecule has 134 valence electrons. The predicted molar refractivity (Wildman–Crippen MR) is 82.5 cm³/mol. The van der Waals surface area contributed by atoms with Gasteiger partial charge in [-0.3, -0.25) is 9.59 Å². The van der Waals surface area contributed by atoms with Gasteiger partial charge in [-0.25, -0.2) is 0 Å². The topological polar surface area (TPSA) is 91.3 Å². The van der Waals surface area contributed by atoms with Crippen molar-refractivity contribution in [1.29, 1.82) is 0 Å². The number of ether oxygens (including phenoxy) is 4. The molecule has 1 aliphatic heterocycles. The Morgan fingerprint density at radius 2 is 1.88 bits per heavy atom. The van der Waals surface area contributed by atoms with Crippen LogP contribution in [0.25, 0.3) is 0 Å². The number of aliphatic hydroxyl groups is 1. The Kier molecular flexibility index (Phi) is 3.95. The molecule has 25 heavy (non-hydrogen) atoms. The monoisotopic (exact) mass is 352 g/mol. The number of Topliss-reactive ketones (excluding diaryl/α,β-unsaturated/α-hetero) is 1. The molecule has 1 N–H and O–H groups in total. The van der Waals surface area contributed by atoms with Crippen LogP contribution in [-0.2, 0) is 9.53 Å². The Morgan fingerprint density at radius 1 is 1.20 bits per heavy atom. The van der Waals surface area contributed by atoms with Gasteiger partial charge in [-0.1, -0.05) is 6.92 Å². The third kappa shape index (κ3) is 2.07. The summed E-state index contributed by atoms with van der Waals surface area (Å²) in [5.74, 6) is -3.59. The lowest BCUT2D eigenvalue weighted by Gasteiger charge is -2.38. The van der Waals surface area contributed by atoms with Gasteiger partial charge in [0.2, 0.25) is 17.2 Å². The third-order valence-corrected chi connectivity index (χ3v) is 4.68. The molecule has 1 aliphatic carbocycles. The van der Waals surface area contributed by atoms with Crippen LogP contribution in [0.5, 0.6) is 17.2 Å². The number of fused-ring (bicyclic) bond motifs is 1. The highest BCUT2D eigenvalue weighted by Crippen LogP contribution is 2.51. The summed E-state index contributed by atoms with van der Waals surface area (Å²) in [6, 6.07) is 1.22. The molecule has 1 aromatic rings. The van der Waals surface area contributed by atoms with E-state index in [2.05, 4.69) is 0 Å². The molecule has 0 bridgehead atoms. The molecule has 0 unspecified atom stereocenters. The van der Waals surface area contributed by atoms with Crippen molar-refractivity contribution < 1.29 is 38.0 Å². The molecule has 2 aliphatic rings. The minimum absolute atomic E-state index is 0.0245. The maximum atomic E-state index is 14.5. The van der Waals surface area contributed by atoms with Gasteiger partial charge in [0.1, 0.15) is 17.4 Å². The number of ketones is 2. The first-order valence-electron chi connectivity index (χ1n) is 7.49. The molecular formula is C17H17FO7. The Bertz CT molecular complexity index is 801. The van der Waals surface area contributed by atoms with Crippen LogP contribution in [0.1, 0.15) is 17.3 Å². The van der Waals surface area contributed by atoms with Crippen molar-refractivity contribution in [1.82, 2.24) is 0 Å². The van der Waals surface area contributed by atoms with E-state index in [1.807, 2.05) is 0 Å². The van der Waals surface area contributed by atoms with Gasteiger partial charge >= 0.3 is 0 Å². The number of rotatable bonds is 3. The van der Waals surface area contributed by atoms with E-state index in [0.29, 0.717) is 0 Å². The van der Waals surface area contributed by atoms with Crippen molar-refractivity contribution in [3.63, 3.8) is 0 Å². The minimum atomic E-state index is -1.78. The largest absolute Gasteiger partial charge is 0.496 e. The lowest BCUT2D eigenvalue weighted by atomic mass is 9.74. The number of carbonyl (C=O) groups is 2. The zero-order valence-corrected chi connectivity index (χ0v) is 14.1. The summed E-state index contributed by atoms with van der Waals surface area (Å²) in [5, 5.41) is 10.2. The molecule has 3 atom stereocenters. The van der Waals surface area contributed by atoms with E-state index in [-0.39, 0.29) is 28.6 Å². The summed E-state index contributed by atoms with van der Waals surface area (Å²) < 4.78 is 35.5. The highest BCUT2D eigenvalue weighted by Gasteiger charge is 2.62. The zero-order chi connectivity index (χ0) is 18.5. The Hall–Kier alpha value is -2.61. The maximum Gasteiger partial charge on any atom is 0.233 e. The number of carbonyl (C=O) groups excluding carboxylic acids is 2. The van der Waals surface area contributed by atoms with Crippen molar-refractivity contribution in [3.8, 4) is 17.2 Å². The van der Waals surface area contributed by atoms with E-state index in [4.69, 9.17) is 18.9 Å². The quantitative estimate of drug-likeness (QED) is 0.876. The van der Waals surface area contributed by atoms with Crippen LogP contribution in [0.4, 0.5) is 4.39 Å². The lowest BCUT2D eigenvalue weighted by Crippen LogP contribution is -2.57. The lowest BCUT2D eigenvalue weighted by molar-refractivity contribution is -0.131. The highest BCUT2D eigenvalue weighted by atomic mass is 19.1. The molecule has 1 spiro atoms. The van der Waals surface area contributed by atoms with Crippen molar-refractivity contribution >= 4 is 11.6 Å². The fourth-order valence-corrected chi connectivity index (χ4v) is 3.32. The second-order valence-electron chi connectivity index (χ2n) is 5.81. The summed E-state index contributed by atoms with van der Waals surface area (Å²) >= 11 is 0. The average molecular weight is 352 g/mol. The molecule has 7 nitrogen and oxygen atoms in total. The number of benzene rings is 1. The highest BCUT2D eigenvalue weighted by molar-refractivity contribution is 6.14. The van der Waals surface area contributed by atoms with E-state index in [9.17, 15) is 19.1 Å². The van der Waals surface area contributed by atoms with Crippen LogP contribution >= 0.6 is 0 Å². The number of halogens is 1. The molecule has 0 saturated carbocycles. The van der Waals surface area contributed by atoms with Crippen LogP contribution in [0.2, 0.25) is 0 Å². The van der Waals surface area contributed by atoms with Crippen molar-refractivity contribution in [2.75, 3.05) is 21.3 Å². The van der Waals surface area contributed by atoms with Gasteiger partial charge in [0.15, 0.2) is 23.0 Å². The average Bonchev–Trinajstić information content (AvgIpc) is 2.89. The van der Waals surface area contributed by atoms with Gasteiger partial charge < -0.3 is 24.1 Å². The SMILES string of the molecule is COC1=CC(=O)[C@H](O)[C@@H](C)[C@]12Oc1cc(OC)c(F)c(OC)c1C2=O. The van der Waals surface area contributed by atoms with E-state index >= 15 is 0 Å². The molecule has 1 aromatic carbocycles. The third-order valence-electron chi connectivity index (χ3n) is 4.68. The van der Waals surface area contributed by atoms with Gasteiger partial charge in [0, 0.05) is 18.1 Å². The zero-order valence-electron chi connectivity index (χ0n) is 14.1. The Labute approximate surface area is 142 Å². The van der Waals surface area contributed by atoms with Crippen molar-refractivity contribution in [2.24, 2.45) is 5.92 Å². The van der Waals surface area contributed by atoms with E-state index in [0.717, 1.165) is 6.08 Å². The van der Waals surface area contributed by atoms with Crippen LogP contribution in [0.15, 0.2) is 17.9 Å². The normalized spacial score (nSPS) is 27.7. The molecule has 3 rings (SSSR count). The molecular weight excluding hydrogens is 335 g/mol. The molecule has 0 aromatic heterocycles. The van der Waals surface area contributed by atoms with Gasteiger partial charge in [-0.2, -0.15) is 4.39 Å². The second-order valence-corrected chi connectivity index (χ2v) is 5.81. The van der Waals surface area contributed by atoms with E-state index in [1.54, 1.807) is 0 Å². The van der Waals surface area contributed by atoms with Gasteiger partial charge in [-0.15, -0.1) is 0 Å². The smallest absolute Gasteiger partial charge is 0.233 e. The van der Waals surface area contributed by atoms with Crippen molar-refractivity contribution in [2.45, 2.75) is 18.6 Å². The summed E-state index contributed by atoms with van der Waals surface area (Å²) in [6.45, 7) is 1.48. The van der Waals surface area contributed by atoms with Crippen LogP contribution < -0.4 is 14.2 Å². The Balaban J connectivity index is 2.26. The summed E-state index contributed by atoms with van der Waals surface area (Å²) in [7, 11) is 3.76. The maximum absolute atomic E-state index is 14.5. The van der Waals surface area contributed by atoms with Crippen molar-refractivity contribution in [3.05, 3.63) is 29.3 Å². The van der Waals surface area contributed by atoms with E-state index < -0.39 is 35.0 Å². The number of hydrogen-bond donors (Lipinski definition) is 1. The Morgan fingerprint density at radius 3 is 2.44 bits per heavy atom. The van der Waals surface area contributed by atoms with Crippen LogP contribution in [-0.4, -0.2) is 49.7 Å². The van der Waals surface area contributed by atoms with Gasteiger partial charge in [0.05, 0.1) is 21.3 Å². The predicted octanol–water partition coefficient (Wildman–Crippen LogP) is 1.27. The van der Waals surface area contributed by atoms with Crippen LogP contribution in [0, 0.1) is 11.7 Å². The first-order valence-corrected chi connectivity index (χ1v) is 7.49. The summed E-state index contributed by atoms with van der Waals surface area (Å²) in [4.78, 5) is 25.1. The fourth-order valence-electron chi connectivity index (χ4n) is 3.32. The molecule has 0 radical (unpaired) electrons.